The first-order valence-electron chi connectivity index (χ1n) is 11.4. The Morgan fingerprint density at radius 3 is 2.15 bits per heavy atom. The highest BCUT2D eigenvalue weighted by Gasteiger charge is 2.17. The Bertz CT molecular complexity index is 1720. The van der Waals surface area contributed by atoms with Crippen LogP contribution in [-0.4, -0.2) is 4.98 Å². The van der Waals surface area contributed by atoms with Crippen LogP contribution in [0.15, 0.2) is 109 Å². The van der Waals surface area contributed by atoms with Gasteiger partial charge in [-0.1, -0.05) is 85.0 Å². The van der Waals surface area contributed by atoms with Crippen molar-refractivity contribution in [1.82, 2.24) is 4.98 Å². The molecule has 1 aliphatic rings. The average Bonchev–Trinajstić information content (AvgIpc) is 3.37. The van der Waals surface area contributed by atoms with Crippen molar-refractivity contribution in [1.29, 1.82) is 0 Å². The highest BCUT2D eigenvalue weighted by Crippen LogP contribution is 2.39. The lowest BCUT2D eigenvalue weighted by Crippen LogP contribution is -2.01. The van der Waals surface area contributed by atoms with Gasteiger partial charge in [0.15, 0.2) is 0 Å². The Morgan fingerprint density at radius 2 is 1.39 bits per heavy atom. The van der Waals surface area contributed by atoms with Gasteiger partial charge in [-0.3, -0.25) is 0 Å². The van der Waals surface area contributed by atoms with E-state index in [2.05, 4.69) is 108 Å². The molecule has 0 spiro atoms. The van der Waals surface area contributed by atoms with E-state index >= 15 is 0 Å². The molecule has 156 valence electrons. The zero-order valence-corrected chi connectivity index (χ0v) is 18.8. The van der Waals surface area contributed by atoms with Crippen molar-refractivity contribution in [2.75, 3.05) is 0 Å². The molecule has 1 heterocycles. The predicted octanol–water partition coefficient (Wildman–Crippen LogP) is 8.88. The molecule has 0 amide bonds. The van der Waals surface area contributed by atoms with Gasteiger partial charge in [0.05, 0.1) is 15.7 Å². The summed E-state index contributed by atoms with van der Waals surface area (Å²) in [6.45, 7) is 0. The van der Waals surface area contributed by atoms with Crippen molar-refractivity contribution in [3.8, 4) is 0 Å². The number of aromatic nitrogens is 1. The molecule has 5 aromatic carbocycles. The van der Waals surface area contributed by atoms with E-state index in [0.29, 0.717) is 5.92 Å². The van der Waals surface area contributed by atoms with Gasteiger partial charge in [0.2, 0.25) is 0 Å². The van der Waals surface area contributed by atoms with Gasteiger partial charge in [-0.05, 0) is 73.6 Å². The van der Waals surface area contributed by atoms with Crippen LogP contribution in [0.1, 0.15) is 23.5 Å². The molecule has 1 atom stereocenters. The first-order valence-corrected chi connectivity index (χ1v) is 12.3. The molecule has 0 N–H and O–H groups in total. The topological polar surface area (TPSA) is 12.9 Å². The lowest BCUT2D eigenvalue weighted by atomic mass is 9.84. The van der Waals surface area contributed by atoms with Gasteiger partial charge in [0.25, 0.3) is 0 Å². The van der Waals surface area contributed by atoms with Crippen molar-refractivity contribution in [2.45, 2.75) is 12.3 Å². The fourth-order valence-corrected chi connectivity index (χ4v) is 6.06. The monoisotopic (exact) mass is 439 g/mol. The summed E-state index contributed by atoms with van der Waals surface area (Å²) in [5.74, 6) is 0.389. The molecule has 1 aromatic heterocycles. The molecule has 6 aromatic rings. The lowest BCUT2D eigenvalue weighted by Gasteiger charge is -2.20. The summed E-state index contributed by atoms with van der Waals surface area (Å²) in [5, 5.41) is 7.96. The van der Waals surface area contributed by atoms with E-state index in [1.165, 1.54) is 53.7 Å². The molecule has 1 unspecified atom stereocenters. The minimum atomic E-state index is 0.389. The van der Waals surface area contributed by atoms with E-state index in [9.17, 15) is 0 Å². The summed E-state index contributed by atoms with van der Waals surface area (Å²) >= 11 is 1.72. The first kappa shape index (κ1) is 18.8. The molecule has 33 heavy (non-hydrogen) atoms. The molecule has 0 saturated heterocycles. The van der Waals surface area contributed by atoms with Gasteiger partial charge >= 0.3 is 0 Å². The number of allylic oxidation sites excluding steroid dienone is 4. The second-order valence-electron chi connectivity index (χ2n) is 8.82. The number of fused-ring (bicyclic) bond motifs is 7. The number of benzene rings is 5. The van der Waals surface area contributed by atoms with Crippen LogP contribution in [0.4, 0.5) is 0 Å². The summed E-state index contributed by atoms with van der Waals surface area (Å²) < 4.78 is 1.26. The van der Waals surface area contributed by atoms with Crippen LogP contribution in [0.3, 0.4) is 0 Å². The second kappa shape index (κ2) is 7.40. The largest absolute Gasteiger partial charge is 0.245 e. The van der Waals surface area contributed by atoms with Crippen molar-refractivity contribution >= 4 is 59.4 Å². The highest BCUT2D eigenvalue weighted by atomic mass is 32.1. The lowest BCUT2D eigenvalue weighted by molar-refractivity contribution is 0.870. The third-order valence-corrected chi connectivity index (χ3v) is 7.77. The van der Waals surface area contributed by atoms with Gasteiger partial charge in [-0.15, -0.1) is 11.3 Å². The molecular formula is C31H21NS. The summed E-state index contributed by atoms with van der Waals surface area (Å²) in [7, 11) is 0. The molecule has 2 heteroatoms. The van der Waals surface area contributed by atoms with Crippen LogP contribution in [0.25, 0.3) is 48.1 Å². The molecule has 1 nitrogen and oxygen atoms in total. The summed E-state index contributed by atoms with van der Waals surface area (Å²) in [5.41, 5.74) is 7.10. The van der Waals surface area contributed by atoms with E-state index < -0.39 is 0 Å². The van der Waals surface area contributed by atoms with Crippen molar-refractivity contribution in [3.63, 3.8) is 0 Å². The number of hydrogen-bond donors (Lipinski definition) is 0. The smallest absolute Gasteiger partial charge is 0.0812 e. The minimum Gasteiger partial charge on any atom is -0.245 e. The first-order chi connectivity index (χ1) is 16.3. The minimum absolute atomic E-state index is 0.389. The fraction of sp³-hybridized carbons (Fsp3) is 0.0645. The van der Waals surface area contributed by atoms with E-state index in [1.54, 1.807) is 11.3 Å². The molecule has 0 bridgehead atoms. The fourth-order valence-electron chi connectivity index (χ4n) is 5.33. The molecule has 0 fully saturated rings. The van der Waals surface area contributed by atoms with E-state index in [0.717, 1.165) is 11.9 Å². The summed E-state index contributed by atoms with van der Waals surface area (Å²) in [6, 6.07) is 31.3. The van der Waals surface area contributed by atoms with Crippen molar-refractivity contribution in [2.24, 2.45) is 0 Å². The molecule has 7 rings (SSSR count). The van der Waals surface area contributed by atoms with Crippen molar-refractivity contribution < 1.29 is 0 Å². The zero-order valence-electron chi connectivity index (χ0n) is 18.0. The van der Waals surface area contributed by atoms with Gasteiger partial charge in [0, 0.05) is 5.92 Å². The molecular weight excluding hydrogens is 418 g/mol. The van der Waals surface area contributed by atoms with E-state index in [4.69, 9.17) is 0 Å². The van der Waals surface area contributed by atoms with Gasteiger partial charge in [-0.2, -0.15) is 0 Å². The second-order valence-corrected chi connectivity index (χ2v) is 9.70. The van der Waals surface area contributed by atoms with Crippen LogP contribution in [0, 0.1) is 0 Å². The Morgan fingerprint density at radius 1 is 0.697 bits per heavy atom. The van der Waals surface area contributed by atoms with Crippen LogP contribution in [0.5, 0.6) is 0 Å². The van der Waals surface area contributed by atoms with Gasteiger partial charge in [-0.25, -0.2) is 4.98 Å². The Kier molecular flexibility index (Phi) is 4.21. The third-order valence-electron chi connectivity index (χ3n) is 6.98. The maximum Gasteiger partial charge on any atom is 0.0812 e. The SMILES string of the molecule is C1=CC(c2ccc3ncsc3c2)CC(c2ccc3c4ccccc4c4ccccc4c3c2)=C1. The third kappa shape index (κ3) is 3.02. The Hall–Kier alpha value is -3.75. The van der Waals surface area contributed by atoms with Crippen LogP contribution in [-0.2, 0) is 0 Å². The van der Waals surface area contributed by atoms with Crippen molar-refractivity contribution in [3.05, 3.63) is 120 Å². The molecule has 0 saturated carbocycles. The van der Waals surface area contributed by atoms with Crippen LogP contribution >= 0.6 is 11.3 Å². The van der Waals surface area contributed by atoms with Crippen LogP contribution < -0.4 is 0 Å². The highest BCUT2D eigenvalue weighted by molar-refractivity contribution is 7.16. The normalized spacial score (nSPS) is 16.1. The maximum atomic E-state index is 4.43. The molecule has 1 aliphatic carbocycles. The summed E-state index contributed by atoms with van der Waals surface area (Å²) in [6.07, 6.45) is 7.85. The zero-order chi connectivity index (χ0) is 21.8. The molecule has 0 aliphatic heterocycles. The Balaban J connectivity index is 1.35. The maximum absolute atomic E-state index is 4.43. The number of thiazole rings is 1. The van der Waals surface area contributed by atoms with Gasteiger partial charge in [0.1, 0.15) is 0 Å². The number of nitrogens with zero attached hydrogens (tertiary/aromatic N) is 1. The number of hydrogen-bond acceptors (Lipinski definition) is 2. The number of rotatable bonds is 2. The van der Waals surface area contributed by atoms with Crippen LogP contribution in [0.2, 0.25) is 0 Å². The quantitative estimate of drug-likeness (QED) is 0.245. The summed E-state index contributed by atoms with van der Waals surface area (Å²) in [4.78, 5) is 4.43. The van der Waals surface area contributed by atoms with Gasteiger partial charge < -0.3 is 0 Å². The molecule has 0 radical (unpaired) electrons. The van der Waals surface area contributed by atoms with E-state index in [1.807, 2.05) is 5.51 Å². The average molecular weight is 440 g/mol. The Labute approximate surface area is 196 Å². The predicted molar refractivity (Wildman–Crippen MR) is 143 cm³/mol. The standard InChI is InChI=1S/C31H21NS/c1-2-10-26-24(8-1)25-9-3-4-11-27(25)29-17-22(12-14-28(26)29)20-6-5-7-21(16-20)23-13-15-30-31(18-23)33-19-32-30/h1-15,17-19,21H,16H2. The van der Waals surface area contributed by atoms with E-state index in [-0.39, 0.29) is 0 Å².